The van der Waals surface area contributed by atoms with Gasteiger partial charge in [-0.3, -0.25) is 0 Å². The molecule has 2 atom stereocenters. The van der Waals surface area contributed by atoms with Crippen LogP contribution in [-0.2, 0) is 17.7 Å². The van der Waals surface area contributed by atoms with Gasteiger partial charge in [-0.15, -0.1) is 24.0 Å². The van der Waals surface area contributed by atoms with E-state index in [0.717, 1.165) is 44.9 Å². The number of aryl methyl sites for hydroxylation is 1. The van der Waals surface area contributed by atoms with E-state index in [1.165, 1.54) is 0 Å². The van der Waals surface area contributed by atoms with Gasteiger partial charge in [0.05, 0.1) is 18.8 Å². The van der Waals surface area contributed by atoms with E-state index in [2.05, 4.69) is 26.4 Å². The van der Waals surface area contributed by atoms with Gasteiger partial charge in [-0.2, -0.15) is 0 Å². The van der Waals surface area contributed by atoms with Crippen LogP contribution in [-0.4, -0.2) is 52.3 Å². The molecule has 0 saturated carbocycles. The number of rotatable bonds is 1. The van der Waals surface area contributed by atoms with Gasteiger partial charge in [0, 0.05) is 38.4 Å². The van der Waals surface area contributed by atoms with Crippen LogP contribution in [0, 0.1) is 0 Å². The molecule has 0 radical (unpaired) electrons. The summed E-state index contributed by atoms with van der Waals surface area (Å²) in [5.74, 6) is 1.77. The molecule has 7 heteroatoms. The SMILES string of the molecule is CC1CN(C(N)=NC2CCn3ccnc3C2)CCO1.I. The summed E-state index contributed by atoms with van der Waals surface area (Å²) in [6.07, 6.45) is 6.03. The standard InChI is InChI=1S/C13H21N5O.HI/c1-10-9-18(6-7-19-10)13(14)16-11-2-4-17-5-3-15-12(17)8-11;/h3,5,10-11H,2,4,6-9H2,1H3,(H2,14,16);1H. The summed E-state index contributed by atoms with van der Waals surface area (Å²) in [7, 11) is 0. The predicted molar refractivity (Wildman–Crippen MR) is 88.4 cm³/mol. The Morgan fingerprint density at radius 1 is 1.50 bits per heavy atom. The molecule has 6 nitrogen and oxygen atoms in total. The molecular weight excluding hydrogens is 369 g/mol. The number of nitrogens with zero attached hydrogens (tertiary/aromatic N) is 4. The predicted octanol–water partition coefficient (Wildman–Crippen LogP) is 0.851. The summed E-state index contributed by atoms with van der Waals surface area (Å²) >= 11 is 0. The molecule has 0 aliphatic carbocycles. The molecular formula is C13H22IN5O. The Hall–Kier alpha value is -0.830. The molecule has 1 saturated heterocycles. The fourth-order valence-electron chi connectivity index (χ4n) is 2.74. The van der Waals surface area contributed by atoms with E-state index in [1.807, 2.05) is 12.4 Å². The number of aliphatic imine (C=N–C) groups is 1. The maximum Gasteiger partial charge on any atom is 0.191 e. The van der Waals surface area contributed by atoms with E-state index in [1.54, 1.807) is 0 Å². The number of aromatic nitrogens is 2. The highest BCUT2D eigenvalue weighted by atomic mass is 127. The Labute approximate surface area is 136 Å². The molecule has 20 heavy (non-hydrogen) atoms. The average Bonchev–Trinajstić information content (AvgIpc) is 2.86. The highest BCUT2D eigenvalue weighted by molar-refractivity contribution is 14.0. The molecule has 1 aromatic heterocycles. The lowest BCUT2D eigenvalue weighted by Gasteiger charge is -2.32. The lowest BCUT2D eigenvalue weighted by Crippen LogP contribution is -2.48. The van der Waals surface area contributed by atoms with Crippen molar-refractivity contribution in [3.8, 4) is 0 Å². The highest BCUT2D eigenvalue weighted by Gasteiger charge is 2.22. The number of morpholine rings is 1. The second-order valence-electron chi connectivity index (χ2n) is 5.30. The van der Waals surface area contributed by atoms with Crippen LogP contribution in [0.1, 0.15) is 19.2 Å². The van der Waals surface area contributed by atoms with Crippen molar-refractivity contribution >= 4 is 29.9 Å². The lowest BCUT2D eigenvalue weighted by molar-refractivity contribution is 0.00520. The van der Waals surface area contributed by atoms with Crippen molar-refractivity contribution in [3.05, 3.63) is 18.2 Å². The fraction of sp³-hybridized carbons (Fsp3) is 0.692. The van der Waals surface area contributed by atoms with Crippen LogP contribution < -0.4 is 5.73 Å². The van der Waals surface area contributed by atoms with E-state index in [4.69, 9.17) is 10.5 Å². The molecule has 1 aromatic rings. The average molecular weight is 391 g/mol. The second-order valence-corrected chi connectivity index (χ2v) is 5.30. The number of ether oxygens (including phenoxy) is 1. The summed E-state index contributed by atoms with van der Waals surface area (Å²) in [6.45, 7) is 5.44. The van der Waals surface area contributed by atoms with Gasteiger partial charge < -0.3 is 19.9 Å². The zero-order valence-corrected chi connectivity index (χ0v) is 14.1. The van der Waals surface area contributed by atoms with Gasteiger partial charge in [0.1, 0.15) is 5.82 Å². The smallest absolute Gasteiger partial charge is 0.191 e. The van der Waals surface area contributed by atoms with Gasteiger partial charge >= 0.3 is 0 Å². The number of halogens is 1. The third-order valence-corrected chi connectivity index (χ3v) is 3.80. The Balaban J connectivity index is 0.00000147. The highest BCUT2D eigenvalue weighted by Crippen LogP contribution is 2.16. The Morgan fingerprint density at radius 2 is 2.35 bits per heavy atom. The quantitative estimate of drug-likeness (QED) is 0.438. The summed E-state index contributed by atoms with van der Waals surface area (Å²) in [4.78, 5) is 11.2. The third kappa shape index (κ3) is 3.43. The van der Waals surface area contributed by atoms with Crippen LogP contribution in [0.5, 0.6) is 0 Å². The summed E-state index contributed by atoms with van der Waals surface area (Å²) < 4.78 is 7.71. The minimum atomic E-state index is 0. The molecule has 2 aliphatic heterocycles. The minimum Gasteiger partial charge on any atom is -0.375 e. The van der Waals surface area contributed by atoms with E-state index < -0.39 is 0 Å². The Morgan fingerprint density at radius 3 is 3.15 bits per heavy atom. The molecule has 0 amide bonds. The van der Waals surface area contributed by atoms with E-state index >= 15 is 0 Å². The largest absolute Gasteiger partial charge is 0.375 e. The molecule has 2 aliphatic rings. The number of imidazole rings is 1. The molecule has 1 fully saturated rings. The van der Waals surface area contributed by atoms with Crippen LogP contribution in [0.15, 0.2) is 17.4 Å². The zero-order chi connectivity index (χ0) is 13.2. The number of nitrogens with two attached hydrogens (primary N) is 1. The van der Waals surface area contributed by atoms with E-state index in [0.29, 0.717) is 5.96 Å². The van der Waals surface area contributed by atoms with Gasteiger partial charge in [0.25, 0.3) is 0 Å². The normalized spacial score (nSPS) is 26.9. The van der Waals surface area contributed by atoms with Crippen molar-refractivity contribution in [2.24, 2.45) is 10.7 Å². The molecule has 0 spiro atoms. The van der Waals surface area contributed by atoms with Crippen LogP contribution in [0.3, 0.4) is 0 Å². The molecule has 3 rings (SSSR count). The Bertz CT molecular complexity index is 475. The van der Waals surface area contributed by atoms with Crippen molar-refractivity contribution in [1.29, 1.82) is 0 Å². The zero-order valence-electron chi connectivity index (χ0n) is 11.7. The van der Waals surface area contributed by atoms with Gasteiger partial charge in [0.15, 0.2) is 5.96 Å². The van der Waals surface area contributed by atoms with Crippen molar-refractivity contribution in [2.45, 2.75) is 38.5 Å². The van der Waals surface area contributed by atoms with Crippen LogP contribution >= 0.6 is 24.0 Å². The number of hydrogen-bond acceptors (Lipinski definition) is 3. The van der Waals surface area contributed by atoms with Crippen LogP contribution in [0.4, 0.5) is 0 Å². The number of guanidine groups is 1. The fourth-order valence-corrected chi connectivity index (χ4v) is 2.74. The van der Waals surface area contributed by atoms with Gasteiger partial charge in [0.2, 0.25) is 0 Å². The minimum absolute atomic E-state index is 0. The summed E-state index contributed by atoms with van der Waals surface area (Å²) in [5.41, 5.74) is 6.13. The van der Waals surface area contributed by atoms with Crippen molar-refractivity contribution in [3.63, 3.8) is 0 Å². The first-order valence-electron chi connectivity index (χ1n) is 6.92. The first-order valence-corrected chi connectivity index (χ1v) is 6.92. The lowest BCUT2D eigenvalue weighted by atomic mass is 10.1. The maximum absolute atomic E-state index is 6.13. The molecule has 2 unspecified atom stereocenters. The first-order chi connectivity index (χ1) is 9.22. The van der Waals surface area contributed by atoms with Crippen LogP contribution in [0.25, 0.3) is 0 Å². The third-order valence-electron chi connectivity index (χ3n) is 3.80. The number of fused-ring (bicyclic) bond motifs is 1. The van der Waals surface area contributed by atoms with Crippen molar-refractivity contribution in [2.75, 3.05) is 19.7 Å². The van der Waals surface area contributed by atoms with E-state index in [-0.39, 0.29) is 36.1 Å². The molecule has 3 heterocycles. The van der Waals surface area contributed by atoms with Crippen molar-refractivity contribution < 1.29 is 4.74 Å². The monoisotopic (exact) mass is 391 g/mol. The van der Waals surface area contributed by atoms with Gasteiger partial charge in [-0.1, -0.05) is 0 Å². The summed E-state index contributed by atoms with van der Waals surface area (Å²) in [6, 6.07) is 0.257. The molecule has 2 N–H and O–H groups in total. The Kier molecular flexibility index (Phi) is 5.25. The molecule has 0 aromatic carbocycles. The number of hydrogen-bond donors (Lipinski definition) is 1. The second kappa shape index (κ2) is 6.75. The molecule has 0 bridgehead atoms. The first kappa shape index (κ1) is 15.6. The maximum atomic E-state index is 6.13. The molecule has 112 valence electrons. The van der Waals surface area contributed by atoms with Gasteiger partial charge in [-0.25, -0.2) is 9.98 Å². The van der Waals surface area contributed by atoms with Crippen LogP contribution in [0.2, 0.25) is 0 Å². The van der Waals surface area contributed by atoms with Gasteiger partial charge in [-0.05, 0) is 13.3 Å². The van der Waals surface area contributed by atoms with E-state index in [9.17, 15) is 0 Å². The topological polar surface area (TPSA) is 68.7 Å². The summed E-state index contributed by atoms with van der Waals surface area (Å²) in [5, 5.41) is 0. The van der Waals surface area contributed by atoms with Crippen molar-refractivity contribution in [1.82, 2.24) is 14.5 Å².